The molecule has 0 radical (unpaired) electrons. The SMILES string of the molecule is CCCc1nc(N)c(C)c(NC2CC(=O)N(C)C2=O)n1. The Kier molecular flexibility index (Phi) is 3.87. The Morgan fingerprint density at radius 2 is 2.10 bits per heavy atom. The molecule has 7 heteroatoms. The van der Waals surface area contributed by atoms with E-state index in [-0.39, 0.29) is 18.2 Å². The van der Waals surface area contributed by atoms with Crippen LogP contribution in [0.15, 0.2) is 0 Å². The number of likely N-dealkylation sites (N-methyl/N-ethyl adjacent to an activating group) is 1. The van der Waals surface area contributed by atoms with Crippen LogP contribution in [0.25, 0.3) is 0 Å². The summed E-state index contributed by atoms with van der Waals surface area (Å²) in [5.41, 5.74) is 6.56. The number of carbonyl (C=O) groups is 2. The molecule has 2 heterocycles. The third kappa shape index (κ3) is 2.56. The lowest BCUT2D eigenvalue weighted by atomic mass is 10.2. The number of aromatic nitrogens is 2. The van der Waals surface area contributed by atoms with Crippen LogP contribution in [-0.2, 0) is 16.0 Å². The van der Waals surface area contributed by atoms with Crippen molar-refractivity contribution in [1.82, 2.24) is 14.9 Å². The number of hydrogen-bond donors (Lipinski definition) is 2. The second kappa shape index (κ2) is 5.44. The van der Waals surface area contributed by atoms with Crippen molar-refractivity contribution in [3.63, 3.8) is 0 Å². The molecule has 1 atom stereocenters. The predicted octanol–water partition coefficient (Wildman–Crippen LogP) is 0.489. The monoisotopic (exact) mass is 277 g/mol. The lowest BCUT2D eigenvalue weighted by Gasteiger charge is -2.15. The summed E-state index contributed by atoms with van der Waals surface area (Å²) < 4.78 is 0. The number of hydrogen-bond acceptors (Lipinski definition) is 6. The number of aryl methyl sites for hydroxylation is 1. The fourth-order valence-electron chi connectivity index (χ4n) is 2.09. The molecule has 20 heavy (non-hydrogen) atoms. The minimum absolute atomic E-state index is 0.141. The van der Waals surface area contributed by atoms with Crippen LogP contribution in [0.3, 0.4) is 0 Å². The van der Waals surface area contributed by atoms with E-state index in [0.29, 0.717) is 23.0 Å². The van der Waals surface area contributed by atoms with Crippen LogP contribution in [-0.4, -0.2) is 39.8 Å². The minimum atomic E-state index is -0.574. The first kappa shape index (κ1) is 14.2. The molecule has 3 N–H and O–H groups in total. The van der Waals surface area contributed by atoms with Gasteiger partial charge < -0.3 is 11.1 Å². The standard InChI is InChI=1S/C13H19N5O2/c1-4-5-9-16-11(14)7(2)12(17-9)15-8-6-10(19)18(3)13(8)20/h8H,4-6H2,1-3H3,(H3,14,15,16,17). The average Bonchev–Trinajstić information content (AvgIpc) is 2.63. The van der Waals surface area contributed by atoms with E-state index in [1.54, 1.807) is 6.92 Å². The predicted molar refractivity (Wildman–Crippen MR) is 75.0 cm³/mol. The third-order valence-electron chi connectivity index (χ3n) is 3.40. The molecule has 0 bridgehead atoms. The minimum Gasteiger partial charge on any atom is -0.383 e. The molecule has 108 valence electrons. The summed E-state index contributed by atoms with van der Waals surface area (Å²) in [7, 11) is 1.48. The highest BCUT2D eigenvalue weighted by Crippen LogP contribution is 2.22. The van der Waals surface area contributed by atoms with Gasteiger partial charge in [0.25, 0.3) is 5.91 Å². The summed E-state index contributed by atoms with van der Waals surface area (Å²) in [6.07, 6.45) is 1.77. The Bertz CT molecular complexity index is 558. The maximum atomic E-state index is 11.9. The van der Waals surface area contributed by atoms with Gasteiger partial charge in [0.05, 0.1) is 6.42 Å². The molecule has 0 saturated carbocycles. The van der Waals surface area contributed by atoms with Gasteiger partial charge in [-0.2, -0.15) is 0 Å². The third-order valence-corrected chi connectivity index (χ3v) is 3.40. The number of nitrogens with two attached hydrogens (primary N) is 1. The Balaban J connectivity index is 2.25. The van der Waals surface area contributed by atoms with Gasteiger partial charge in [0.2, 0.25) is 5.91 Å². The summed E-state index contributed by atoms with van der Waals surface area (Å²) in [6, 6.07) is -0.574. The molecule has 1 saturated heterocycles. The van der Waals surface area contributed by atoms with Crippen LogP contribution in [0.4, 0.5) is 11.6 Å². The Morgan fingerprint density at radius 3 is 2.65 bits per heavy atom. The molecular weight excluding hydrogens is 258 g/mol. The van der Waals surface area contributed by atoms with Gasteiger partial charge in [0, 0.05) is 19.0 Å². The van der Waals surface area contributed by atoms with Crippen molar-refractivity contribution >= 4 is 23.5 Å². The van der Waals surface area contributed by atoms with Crippen molar-refractivity contribution in [2.24, 2.45) is 0 Å². The number of rotatable bonds is 4. The Labute approximate surface area is 117 Å². The van der Waals surface area contributed by atoms with Crippen molar-refractivity contribution in [3.8, 4) is 0 Å². The number of nitrogens with zero attached hydrogens (tertiary/aromatic N) is 3. The van der Waals surface area contributed by atoms with Gasteiger partial charge in [0.15, 0.2) is 0 Å². The molecule has 2 amide bonds. The van der Waals surface area contributed by atoms with Crippen LogP contribution in [0, 0.1) is 6.92 Å². The number of likely N-dealkylation sites (tertiary alicyclic amines) is 1. The second-order valence-corrected chi connectivity index (χ2v) is 4.94. The van der Waals surface area contributed by atoms with Gasteiger partial charge in [-0.25, -0.2) is 9.97 Å². The molecule has 2 rings (SSSR count). The van der Waals surface area contributed by atoms with E-state index in [0.717, 1.165) is 17.7 Å². The van der Waals surface area contributed by atoms with Gasteiger partial charge in [-0.15, -0.1) is 0 Å². The first-order chi connectivity index (χ1) is 9.43. The number of carbonyl (C=O) groups excluding carboxylic acids is 2. The largest absolute Gasteiger partial charge is 0.383 e. The molecule has 0 aromatic carbocycles. The lowest BCUT2D eigenvalue weighted by Crippen LogP contribution is -2.32. The van der Waals surface area contributed by atoms with E-state index in [1.165, 1.54) is 7.05 Å². The van der Waals surface area contributed by atoms with E-state index < -0.39 is 6.04 Å². The Hall–Kier alpha value is -2.18. The fraction of sp³-hybridized carbons (Fsp3) is 0.538. The molecule has 0 aliphatic carbocycles. The molecule has 1 fully saturated rings. The molecular formula is C13H19N5O2. The zero-order valence-electron chi connectivity index (χ0n) is 11.9. The molecule has 1 aliphatic rings. The van der Waals surface area contributed by atoms with Crippen molar-refractivity contribution in [2.45, 2.75) is 39.2 Å². The number of amides is 2. The van der Waals surface area contributed by atoms with E-state index in [4.69, 9.17) is 5.73 Å². The Morgan fingerprint density at radius 1 is 1.40 bits per heavy atom. The molecule has 0 spiro atoms. The topological polar surface area (TPSA) is 101 Å². The average molecular weight is 277 g/mol. The van der Waals surface area contributed by atoms with Crippen molar-refractivity contribution in [3.05, 3.63) is 11.4 Å². The van der Waals surface area contributed by atoms with Gasteiger partial charge in [-0.05, 0) is 13.3 Å². The van der Waals surface area contributed by atoms with E-state index in [9.17, 15) is 9.59 Å². The second-order valence-electron chi connectivity index (χ2n) is 4.94. The number of imide groups is 1. The zero-order chi connectivity index (χ0) is 14.9. The van der Waals surface area contributed by atoms with E-state index >= 15 is 0 Å². The van der Waals surface area contributed by atoms with Crippen molar-refractivity contribution in [2.75, 3.05) is 18.1 Å². The first-order valence-electron chi connectivity index (χ1n) is 6.64. The van der Waals surface area contributed by atoms with Gasteiger partial charge in [0.1, 0.15) is 23.5 Å². The highest BCUT2D eigenvalue weighted by molar-refractivity contribution is 6.06. The number of nitrogen functional groups attached to an aromatic ring is 1. The summed E-state index contributed by atoms with van der Waals surface area (Å²) in [6.45, 7) is 3.82. The van der Waals surface area contributed by atoms with Gasteiger partial charge in [-0.3, -0.25) is 14.5 Å². The number of anilines is 2. The normalized spacial score (nSPS) is 18.8. The lowest BCUT2D eigenvalue weighted by molar-refractivity contribution is -0.136. The fourth-order valence-corrected chi connectivity index (χ4v) is 2.09. The summed E-state index contributed by atoms with van der Waals surface area (Å²) in [5.74, 6) is 1.13. The highest BCUT2D eigenvalue weighted by atomic mass is 16.2. The first-order valence-corrected chi connectivity index (χ1v) is 6.64. The summed E-state index contributed by atoms with van der Waals surface area (Å²) in [4.78, 5) is 33.1. The highest BCUT2D eigenvalue weighted by Gasteiger charge is 2.36. The van der Waals surface area contributed by atoms with E-state index in [2.05, 4.69) is 15.3 Å². The van der Waals surface area contributed by atoms with Crippen LogP contribution >= 0.6 is 0 Å². The number of nitrogens with one attached hydrogen (secondary N) is 1. The molecule has 1 aliphatic heterocycles. The van der Waals surface area contributed by atoms with Gasteiger partial charge in [-0.1, -0.05) is 6.92 Å². The molecule has 7 nitrogen and oxygen atoms in total. The van der Waals surface area contributed by atoms with Crippen molar-refractivity contribution in [1.29, 1.82) is 0 Å². The van der Waals surface area contributed by atoms with Crippen LogP contribution in [0.5, 0.6) is 0 Å². The maximum Gasteiger partial charge on any atom is 0.251 e. The molecule has 1 unspecified atom stereocenters. The maximum absolute atomic E-state index is 11.9. The molecule has 1 aromatic rings. The van der Waals surface area contributed by atoms with Crippen molar-refractivity contribution < 1.29 is 9.59 Å². The van der Waals surface area contributed by atoms with E-state index in [1.807, 2.05) is 6.92 Å². The quantitative estimate of drug-likeness (QED) is 0.777. The van der Waals surface area contributed by atoms with Crippen LogP contribution in [0.1, 0.15) is 31.2 Å². The zero-order valence-corrected chi connectivity index (χ0v) is 11.9. The van der Waals surface area contributed by atoms with Gasteiger partial charge >= 0.3 is 0 Å². The van der Waals surface area contributed by atoms with Crippen LogP contribution in [0.2, 0.25) is 0 Å². The van der Waals surface area contributed by atoms with Crippen LogP contribution < -0.4 is 11.1 Å². The summed E-state index contributed by atoms with van der Waals surface area (Å²) in [5, 5.41) is 3.02. The summed E-state index contributed by atoms with van der Waals surface area (Å²) >= 11 is 0. The smallest absolute Gasteiger partial charge is 0.251 e. The molecule has 1 aromatic heterocycles.